The number of hydrogen-bond acceptors (Lipinski definition) is 3. The Bertz CT molecular complexity index is 225. The smallest absolute Gasteiger partial charge is 0.372 e. The van der Waals surface area contributed by atoms with Crippen molar-refractivity contribution in [1.29, 1.82) is 0 Å². The zero-order chi connectivity index (χ0) is 9.84. The van der Waals surface area contributed by atoms with Crippen LogP contribution in [-0.2, 0) is 14.3 Å². The summed E-state index contributed by atoms with van der Waals surface area (Å²) in [5.74, 6) is 0.467. The van der Waals surface area contributed by atoms with Crippen molar-refractivity contribution in [2.24, 2.45) is 5.92 Å². The number of methoxy groups -OCH3 is 1. The Labute approximate surface area is 91.6 Å². The van der Waals surface area contributed by atoms with E-state index in [0.29, 0.717) is 11.7 Å². The van der Waals surface area contributed by atoms with Crippen LogP contribution in [0.15, 0.2) is 11.8 Å². The Morgan fingerprint density at radius 2 is 2.54 bits per heavy atom. The molecule has 4 heteroatoms. The molecule has 3 nitrogen and oxygen atoms in total. The minimum absolute atomic E-state index is 0.139. The van der Waals surface area contributed by atoms with Crippen molar-refractivity contribution >= 4 is 28.6 Å². The first-order valence-electron chi connectivity index (χ1n) is 4.20. The molecule has 1 aliphatic rings. The molecule has 0 saturated carbocycles. The predicted molar refractivity (Wildman–Crippen MR) is 57.6 cm³/mol. The highest BCUT2D eigenvalue weighted by molar-refractivity contribution is 14.1. The summed E-state index contributed by atoms with van der Waals surface area (Å²) < 4.78 is 11.0. The number of halogens is 1. The van der Waals surface area contributed by atoms with E-state index in [0.717, 1.165) is 10.8 Å². The van der Waals surface area contributed by atoms with Gasteiger partial charge in [0.2, 0.25) is 5.76 Å². The first kappa shape index (κ1) is 10.8. The Balaban J connectivity index is 2.65. The fraction of sp³-hybridized carbons (Fsp3) is 0.667. The summed E-state index contributed by atoms with van der Waals surface area (Å²) >= 11 is 2.26. The van der Waals surface area contributed by atoms with Gasteiger partial charge >= 0.3 is 5.97 Å². The SMILES string of the molecule is COC(=O)C1=CCC(C)C(CI)O1. The average molecular weight is 296 g/mol. The van der Waals surface area contributed by atoms with Crippen LogP contribution in [0.2, 0.25) is 0 Å². The molecule has 0 bridgehead atoms. The van der Waals surface area contributed by atoms with Crippen molar-refractivity contribution in [2.45, 2.75) is 19.4 Å². The third-order valence-corrected chi connectivity index (χ3v) is 2.99. The highest BCUT2D eigenvalue weighted by Gasteiger charge is 2.26. The first-order chi connectivity index (χ1) is 6.19. The van der Waals surface area contributed by atoms with E-state index in [9.17, 15) is 4.79 Å². The van der Waals surface area contributed by atoms with Crippen LogP contribution in [0.3, 0.4) is 0 Å². The van der Waals surface area contributed by atoms with Crippen molar-refractivity contribution in [3.8, 4) is 0 Å². The Hall–Kier alpha value is -0.260. The summed E-state index contributed by atoms with van der Waals surface area (Å²) in [6.07, 6.45) is 2.83. The maximum Gasteiger partial charge on any atom is 0.372 e. The normalized spacial score (nSPS) is 27.5. The van der Waals surface area contributed by atoms with Crippen LogP contribution in [0.1, 0.15) is 13.3 Å². The number of carbonyl (C=O) groups is 1. The minimum atomic E-state index is -0.373. The minimum Gasteiger partial charge on any atom is -0.482 e. The summed E-state index contributed by atoms with van der Waals surface area (Å²) in [5, 5.41) is 0. The zero-order valence-corrected chi connectivity index (χ0v) is 9.91. The Kier molecular flexibility index (Phi) is 4.02. The Morgan fingerprint density at radius 1 is 1.85 bits per heavy atom. The fourth-order valence-electron chi connectivity index (χ4n) is 1.19. The lowest BCUT2D eigenvalue weighted by Gasteiger charge is -2.27. The van der Waals surface area contributed by atoms with E-state index in [1.807, 2.05) is 0 Å². The predicted octanol–water partition coefficient (Wildman–Crippen LogP) is 1.90. The van der Waals surface area contributed by atoms with Gasteiger partial charge in [0.1, 0.15) is 6.10 Å². The van der Waals surface area contributed by atoms with Gasteiger partial charge < -0.3 is 9.47 Å². The van der Waals surface area contributed by atoms with Gasteiger partial charge in [0, 0.05) is 4.43 Å². The topological polar surface area (TPSA) is 35.5 Å². The van der Waals surface area contributed by atoms with Crippen LogP contribution < -0.4 is 0 Å². The molecule has 74 valence electrons. The molecule has 0 N–H and O–H groups in total. The average Bonchev–Trinajstić information content (AvgIpc) is 2.17. The lowest BCUT2D eigenvalue weighted by molar-refractivity contribution is -0.142. The van der Waals surface area contributed by atoms with Gasteiger partial charge in [-0.25, -0.2) is 4.79 Å². The highest BCUT2D eigenvalue weighted by Crippen LogP contribution is 2.24. The molecule has 0 aromatic heterocycles. The second kappa shape index (κ2) is 4.83. The van der Waals surface area contributed by atoms with Gasteiger partial charge in [0.05, 0.1) is 7.11 Å². The molecule has 1 rings (SSSR count). The molecule has 0 amide bonds. The summed E-state index contributed by atoms with van der Waals surface area (Å²) in [5.41, 5.74) is 0. The van der Waals surface area contributed by atoms with Gasteiger partial charge in [0.15, 0.2) is 0 Å². The van der Waals surface area contributed by atoms with E-state index in [4.69, 9.17) is 4.74 Å². The summed E-state index contributed by atoms with van der Waals surface area (Å²) in [7, 11) is 1.36. The summed E-state index contributed by atoms with van der Waals surface area (Å²) in [6.45, 7) is 2.12. The third-order valence-electron chi connectivity index (χ3n) is 2.13. The van der Waals surface area contributed by atoms with Crippen LogP contribution in [0.4, 0.5) is 0 Å². The lowest BCUT2D eigenvalue weighted by Crippen LogP contribution is -2.29. The van der Waals surface area contributed by atoms with Crippen molar-refractivity contribution < 1.29 is 14.3 Å². The van der Waals surface area contributed by atoms with Gasteiger partial charge in [-0.05, 0) is 18.4 Å². The monoisotopic (exact) mass is 296 g/mol. The van der Waals surface area contributed by atoms with E-state index in [-0.39, 0.29) is 12.1 Å². The number of hydrogen-bond donors (Lipinski definition) is 0. The fourth-order valence-corrected chi connectivity index (χ4v) is 2.24. The first-order valence-corrected chi connectivity index (χ1v) is 5.72. The number of carbonyl (C=O) groups excluding carboxylic acids is 1. The van der Waals surface area contributed by atoms with Crippen molar-refractivity contribution in [2.75, 3.05) is 11.5 Å². The molecule has 0 spiro atoms. The molecule has 0 aliphatic carbocycles. The molecule has 0 saturated heterocycles. The van der Waals surface area contributed by atoms with Crippen LogP contribution in [-0.4, -0.2) is 23.6 Å². The molecule has 2 atom stereocenters. The zero-order valence-electron chi connectivity index (χ0n) is 7.75. The van der Waals surface area contributed by atoms with E-state index in [2.05, 4.69) is 34.3 Å². The number of allylic oxidation sites excluding steroid dienone is 1. The van der Waals surface area contributed by atoms with Crippen LogP contribution >= 0.6 is 22.6 Å². The quantitative estimate of drug-likeness (QED) is 0.443. The largest absolute Gasteiger partial charge is 0.482 e. The lowest BCUT2D eigenvalue weighted by atomic mass is 9.99. The number of ether oxygens (including phenoxy) is 2. The molecule has 0 radical (unpaired) electrons. The third kappa shape index (κ3) is 2.59. The van der Waals surface area contributed by atoms with Crippen molar-refractivity contribution in [3.63, 3.8) is 0 Å². The number of rotatable bonds is 2. The molecule has 13 heavy (non-hydrogen) atoms. The van der Waals surface area contributed by atoms with Gasteiger partial charge in [0.25, 0.3) is 0 Å². The van der Waals surface area contributed by atoms with Crippen molar-refractivity contribution in [3.05, 3.63) is 11.8 Å². The van der Waals surface area contributed by atoms with E-state index >= 15 is 0 Å². The second-order valence-electron chi connectivity index (χ2n) is 3.08. The molecule has 1 aliphatic heterocycles. The van der Waals surface area contributed by atoms with E-state index in [1.165, 1.54) is 7.11 Å². The molecular weight excluding hydrogens is 283 g/mol. The summed E-state index contributed by atoms with van der Waals surface area (Å²) in [4.78, 5) is 11.1. The van der Waals surface area contributed by atoms with Crippen LogP contribution in [0, 0.1) is 5.92 Å². The standard InChI is InChI=1S/C9H13IO3/c1-6-3-4-7(9(11)12-2)13-8(6)5-10/h4,6,8H,3,5H2,1-2H3. The summed E-state index contributed by atoms with van der Waals surface area (Å²) in [6, 6.07) is 0. The maximum atomic E-state index is 11.1. The maximum absolute atomic E-state index is 11.1. The molecule has 0 aromatic rings. The molecule has 1 heterocycles. The van der Waals surface area contributed by atoms with Gasteiger partial charge in [-0.1, -0.05) is 29.5 Å². The molecular formula is C9H13IO3. The Morgan fingerprint density at radius 3 is 3.08 bits per heavy atom. The van der Waals surface area contributed by atoms with Gasteiger partial charge in [-0.3, -0.25) is 0 Å². The number of esters is 1. The van der Waals surface area contributed by atoms with Crippen LogP contribution in [0.25, 0.3) is 0 Å². The molecule has 0 fully saturated rings. The van der Waals surface area contributed by atoms with Gasteiger partial charge in [-0.2, -0.15) is 0 Å². The van der Waals surface area contributed by atoms with Gasteiger partial charge in [-0.15, -0.1) is 0 Å². The van der Waals surface area contributed by atoms with Crippen LogP contribution in [0.5, 0.6) is 0 Å². The molecule has 0 aromatic carbocycles. The molecule has 2 unspecified atom stereocenters. The van der Waals surface area contributed by atoms with E-state index in [1.54, 1.807) is 6.08 Å². The highest BCUT2D eigenvalue weighted by atomic mass is 127. The number of alkyl halides is 1. The van der Waals surface area contributed by atoms with Crippen molar-refractivity contribution in [1.82, 2.24) is 0 Å². The second-order valence-corrected chi connectivity index (χ2v) is 3.96. The van der Waals surface area contributed by atoms with E-state index < -0.39 is 0 Å².